The van der Waals surface area contributed by atoms with Crippen molar-refractivity contribution in [1.29, 1.82) is 0 Å². The van der Waals surface area contributed by atoms with Crippen molar-refractivity contribution in [1.82, 2.24) is 14.6 Å². The number of nitrogens with zero attached hydrogens (tertiary/aromatic N) is 3. The Kier molecular flexibility index (Phi) is 2.56. The normalized spacial score (nSPS) is 10.7. The first-order chi connectivity index (χ1) is 8.78. The first-order valence-electron chi connectivity index (χ1n) is 5.27. The summed E-state index contributed by atoms with van der Waals surface area (Å²) < 4.78 is 6.38. The quantitative estimate of drug-likeness (QED) is 0.662. The van der Waals surface area contributed by atoms with Crippen LogP contribution in [0.15, 0.2) is 36.7 Å². The van der Waals surface area contributed by atoms with Crippen LogP contribution >= 0.6 is 11.3 Å². The number of fused-ring (bicyclic) bond motifs is 1. The lowest BCUT2D eigenvalue weighted by Gasteiger charge is -1.99. The fourth-order valence-electron chi connectivity index (χ4n) is 1.62. The number of esters is 1. The van der Waals surface area contributed by atoms with Crippen molar-refractivity contribution >= 4 is 22.3 Å². The van der Waals surface area contributed by atoms with Gasteiger partial charge in [-0.1, -0.05) is 23.5 Å². The highest BCUT2D eigenvalue weighted by atomic mass is 32.1. The van der Waals surface area contributed by atoms with Crippen LogP contribution in [0.5, 0.6) is 0 Å². The second kappa shape index (κ2) is 4.23. The summed E-state index contributed by atoms with van der Waals surface area (Å²) in [5, 5.41) is 5.26. The Bertz CT molecular complexity index is 671. The molecule has 0 amide bonds. The van der Waals surface area contributed by atoms with Gasteiger partial charge in [0.1, 0.15) is 5.01 Å². The van der Waals surface area contributed by atoms with Crippen LogP contribution in [0.25, 0.3) is 15.5 Å². The zero-order valence-corrected chi connectivity index (χ0v) is 10.3. The molecule has 2 heterocycles. The molecule has 0 unspecified atom stereocenters. The van der Waals surface area contributed by atoms with Crippen LogP contribution < -0.4 is 0 Å². The van der Waals surface area contributed by atoms with Gasteiger partial charge in [0.2, 0.25) is 4.96 Å². The zero-order chi connectivity index (χ0) is 12.5. The molecule has 0 N–H and O–H groups in total. The number of imidazole rings is 1. The van der Waals surface area contributed by atoms with Crippen molar-refractivity contribution < 1.29 is 9.53 Å². The van der Waals surface area contributed by atoms with E-state index in [9.17, 15) is 4.79 Å². The summed E-state index contributed by atoms with van der Waals surface area (Å²) in [5.74, 6) is -0.338. The number of rotatable bonds is 2. The van der Waals surface area contributed by atoms with Crippen molar-refractivity contribution in [2.24, 2.45) is 0 Å². The molecule has 3 aromatic rings. The highest BCUT2D eigenvalue weighted by molar-refractivity contribution is 7.19. The van der Waals surface area contributed by atoms with Gasteiger partial charge in [-0.05, 0) is 12.1 Å². The Hall–Kier alpha value is -2.21. The number of aromatic nitrogens is 3. The standard InChI is InChI=1S/C12H9N3O2S/c1-17-11(16)9-4-2-8(3-5-9)10-14-15-7-6-13-12(15)18-10/h2-7H,1H3. The van der Waals surface area contributed by atoms with E-state index >= 15 is 0 Å². The molecular weight excluding hydrogens is 250 g/mol. The third-order valence-electron chi connectivity index (χ3n) is 2.53. The number of hydrogen-bond donors (Lipinski definition) is 0. The van der Waals surface area contributed by atoms with Gasteiger partial charge in [-0.3, -0.25) is 0 Å². The zero-order valence-electron chi connectivity index (χ0n) is 9.53. The average molecular weight is 259 g/mol. The summed E-state index contributed by atoms with van der Waals surface area (Å²) in [6, 6.07) is 7.16. The molecule has 0 aliphatic heterocycles. The third-order valence-corrected chi connectivity index (χ3v) is 3.51. The molecule has 5 nitrogen and oxygen atoms in total. The molecular formula is C12H9N3O2S. The Balaban J connectivity index is 1.97. The summed E-state index contributed by atoms with van der Waals surface area (Å²) >= 11 is 1.50. The van der Waals surface area contributed by atoms with Gasteiger partial charge in [0.05, 0.1) is 18.9 Å². The van der Waals surface area contributed by atoms with E-state index in [4.69, 9.17) is 0 Å². The van der Waals surface area contributed by atoms with E-state index in [1.807, 2.05) is 12.1 Å². The predicted octanol–water partition coefficient (Wildman–Crippen LogP) is 2.24. The Morgan fingerprint density at radius 3 is 2.78 bits per heavy atom. The highest BCUT2D eigenvalue weighted by Crippen LogP contribution is 2.25. The van der Waals surface area contributed by atoms with Crippen molar-refractivity contribution in [2.45, 2.75) is 0 Å². The Morgan fingerprint density at radius 1 is 1.33 bits per heavy atom. The van der Waals surface area contributed by atoms with Gasteiger partial charge in [-0.25, -0.2) is 14.3 Å². The number of carbonyl (C=O) groups is 1. The molecule has 0 saturated heterocycles. The third kappa shape index (κ3) is 1.76. The van der Waals surface area contributed by atoms with Crippen LogP contribution in [-0.4, -0.2) is 27.7 Å². The molecule has 2 aromatic heterocycles. The topological polar surface area (TPSA) is 56.5 Å². The minimum Gasteiger partial charge on any atom is -0.465 e. The lowest BCUT2D eigenvalue weighted by molar-refractivity contribution is 0.0601. The molecule has 0 aliphatic rings. The van der Waals surface area contributed by atoms with E-state index in [1.165, 1.54) is 18.4 Å². The summed E-state index contributed by atoms with van der Waals surface area (Å²) in [4.78, 5) is 16.3. The first kappa shape index (κ1) is 10.9. The highest BCUT2D eigenvalue weighted by Gasteiger charge is 2.09. The van der Waals surface area contributed by atoms with Crippen molar-refractivity contribution in [3.8, 4) is 10.6 Å². The smallest absolute Gasteiger partial charge is 0.337 e. The van der Waals surface area contributed by atoms with E-state index in [2.05, 4.69) is 14.8 Å². The van der Waals surface area contributed by atoms with Crippen LogP contribution in [0, 0.1) is 0 Å². The van der Waals surface area contributed by atoms with E-state index in [1.54, 1.807) is 29.0 Å². The second-order valence-electron chi connectivity index (χ2n) is 3.63. The number of hydrogen-bond acceptors (Lipinski definition) is 5. The van der Waals surface area contributed by atoms with Crippen LogP contribution in [0.1, 0.15) is 10.4 Å². The van der Waals surface area contributed by atoms with Gasteiger partial charge in [0, 0.05) is 11.8 Å². The van der Waals surface area contributed by atoms with E-state index in [0.717, 1.165) is 15.5 Å². The molecule has 0 fully saturated rings. The molecule has 1 aromatic carbocycles. The fourth-order valence-corrected chi connectivity index (χ4v) is 2.48. The van der Waals surface area contributed by atoms with Crippen molar-refractivity contribution in [3.05, 3.63) is 42.2 Å². The number of benzene rings is 1. The van der Waals surface area contributed by atoms with Crippen LogP contribution in [0.3, 0.4) is 0 Å². The number of methoxy groups -OCH3 is 1. The minimum atomic E-state index is -0.338. The summed E-state index contributed by atoms with van der Waals surface area (Å²) in [6.07, 6.45) is 3.51. The fraction of sp³-hybridized carbons (Fsp3) is 0.0833. The molecule has 0 spiro atoms. The molecule has 3 rings (SSSR count). The maximum absolute atomic E-state index is 11.3. The van der Waals surface area contributed by atoms with Crippen LogP contribution in [0.4, 0.5) is 0 Å². The maximum Gasteiger partial charge on any atom is 0.337 e. The lowest BCUT2D eigenvalue weighted by atomic mass is 10.1. The molecule has 0 saturated carbocycles. The van der Waals surface area contributed by atoms with Crippen molar-refractivity contribution in [3.63, 3.8) is 0 Å². The van der Waals surface area contributed by atoms with Crippen LogP contribution in [0.2, 0.25) is 0 Å². The SMILES string of the molecule is COC(=O)c1ccc(-c2nn3ccnc3s2)cc1. The van der Waals surface area contributed by atoms with Gasteiger partial charge in [-0.15, -0.1) is 0 Å². The van der Waals surface area contributed by atoms with E-state index < -0.39 is 0 Å². The molecule has 0 aliphatic carbocycles. The minimum absolute atomic E-state index is 0.338. The van der Waals surface area contributed by atoms with Crippen LogP contribution in [-0.2, 0) is 4.74 Å². The molecule has 6 heteroatoms. The summed E-state index contributed by atoms with van der Waals surface area (Å²) in [6.45, 7) is 0. The molecule has 0 bridgehead atoms. The Morgan fingerprint density at radius 2 is 2.11 bits per heavy atom. The van der Waals surface area contributed by atoms with Gasteiger partial charge in [0.25, 0.3) is 0 Å². The monoisotopic (exact) mass is 259 g/mol. The lowest BCUT2D eigenvalue weighted by Crippen LogP contribution is -2.00. The van der Waals surface area contributed by atoms with Gasteiger partial charge >= 0.3 is 5.97 Å². The molecule has 0 radical (unpaired) electrons. The summed E-state index contributed by atoms with van der Waals surface area (Å²) in [5.41, 5.74) is 1.49. The second-order valence-corrected chi connectivity index (χ2v) is 4.59. The largest absolute Gasteiger partial charge is 0.465 e. The molecule has 90 valence electrons. The predicted molar refractivity (Wildman–Crippen MR) is 67.6 cm³/mol. The van der Waals surface area contributed by atoms with Gasteiger partial charge in [-0.2, -0.15) is 5.10 Å². The maximum atomic E-state index is 11.3. The van der Waals surface area contributed by atoms with E-state index in [-0.39, 0.29) is 5.97 Å². The van der Waals surface area contributed by atoms with Crippen molar-refractivity contribution in [2.75, 3.05) is 7.11 Å². The average Bonchev–Trinajstić information content (AvgIpc) is 2.99. The Labute approximate surface area is 107 Å². The number of ether oxygens (including phenoxy) is 1. The van der Waals surface area contributed by atoms with Gasteiger partial charge in [0.15, 0.2) is 0 Å². The first-order valence-corrected chi connectivity index (χ1v) is 6.08. The van der Waals surface area contributed by atoms with E-state index in [0.29, 0.717) is 5.56 Å². The molecule has 0 atom stereocenters. The summed E-state index contributed by atoms with van der Waals surface area (Å²) in [7, 11) is 1.37. The molecule has 18 heavy (non-hydrogen) atoms. The van der Waals surface area contributed by atoms with Gasteiger partial charge < -0.3 is 4.74 Å². The number of carbonyl (C=O) groups excluding carboxylic acids is 1.